The highest BCUT2D eigenvalue weighted by molar-refractivity contribution is 5.31. The van der Waals surface area contributed by atoms with Gasteiger partial charge in [0, 0.05) is 24.5 Å². The smallest absolute Gasteiger partial charge is 0.144 e. The lowest BCUT2D eigenvalue weighted by Crippen LogP contribution is -2.41. The molecule has 2 atom stereocenters. The van der Waals surface area contributed by atoms with Crippen molar-refractivity contribution < 1.29 is 0 Å². The van der Waals surface area contributed by atoms with Crippen LogP contribution < -0.4 is 10.6 Å². The maximum absolute atomic E-state index is 4.20. The van der Waals surface area contributed by atoms with Crippen molar-refractivity contribution in [2.24, 2.45) is 0 Å². The number of hydrogen-bond donors (Lipinski definition) is 2. The first-order chi connectivity index (χ1) is 6.84. The molecule has 0 aliphatic carbocycles. The molecule has 0 amide bonds. The molecule has 2 rings (SSSR count). The van der Waals surface area contributed by atoms with E-state index in [0.717, 1.165) is 25.2 Å². The predicted molar refractivity (Wildman–Crippen MR) is 56.1 cm³/mol. The molecule has 1 aromatic rings. The summed E-state index contributed by atoms with van der Waals surface area (Å²) in [6, 6.07) is 1.13. The lowest BCUT2D eigenvalue weighted by atomic mass is 10.0. The molecule has 0 bridgehead atoms. The van der Waals surface area contributed by atoms with Crippen LogP contribution >= 0.6 is 0 Å². The summed E-state index contributed by atoms with van der Waals surface area (Å²) in [6.07, 6.45) is 7.48. The Morgan fingerprint density at radius 3 is 3.14 bits per heavy atom. The zero-order chi connectivity index (χ0) is 9.80. The van der Waals surface area contributed by atoms with Gasteiger partial charge in [0.05, 0.1) is 6.20 Å². The molecular weight excluding hydrogens is 176 g/mol. The van der Waals surface area contributed by atoms with Crippen LogP contribution in [-0.4, -0.2) is 28.6 Å². The SMILES string of the molecule is CC1CC(Nc2cnccn2)CCN1. The number of nitrogens with one attached hydrogen (secondary N) is 2. The summed E-state index contributed by atoms with van der Waals surface area (Å²) in [5.74, 6) is 0.881. The second-order valence-electron chi connectivity index (χ2n) is 3.81. The Hall–Kier alpha value is -1.16. The maximum atomic E-state index is 4.20. The van der Waals surface area contributed by atoms with Gasteiger partial charge in [0.25, 0.3) is 0 Å². The van der Waals surface area contributed by atoms with E-state index in [2.05, 4.69) is 27.5 Å². The first-order valence-electron chi connectivity index (χ1n) is 5.10. The minimum absolute atomic E-state index is 0.531. The number of rotatable bonds is 2. The molecule has 1 saturated heterocycles. The van der Waals surface area contributed by atoms with Crippen LogP contribution in [0.4, 0.5) is 5.82 Å². The van der Waals surface area contributed by atoms with Crippen molar-refractivity contribution in [2.75, 3.05) is 11.9 Å². The second-order valence-corrected chi connectivity index (χ2v) is 3.81. The van der Waals surface area contributed by atoms with Crippen molar-refractivity contribution in [1.82, 2.24) is 15.3 Å². The molecule has 1 aliphatic heterocycles. The molecule has 1 aliphatic rings. The summed E-state index contributed by atoms with van der Waals surface area (Å²) in [5.41, 5.74) is 0. The van der Waals surface area contributed by atoms with Crippen LogP contribution in [0, 0.1) is 0 Å². The third kappa shape index (κ3) is 2.42. The Morgan fingerprint density at radius 1 is 1.50 bits per heavy atom. The number of piperidine rings is 1. The summed E-state index contributed by atoms with van der Waals surface area (Å²) in [7, 11) is 0. The van der Waals surface area contributed by atoms with Gasteiger partial charge in [-0.2, -0.15) is 0 Å². The predicted octanol–water partition coefficient (Wildman–Crippen LogP) is 1.03. The van der Waals surface area contributed by atoms with E-state index in [1.165, 1.54) is 0 Å². The quantitative estimate of drug-likeness (QED) is 0.734. The van der Waals surface area contributed by atoms with E-state index < -0.39 is 0 Å². The average molecular weight is 192 g/mol. The molecule has 0 aromatic carbocycles. The van der Waals surface area contributed by atoms with Crippen LogP contribution in [0.1, 0.15) is 19.8 Å². The van der Waals surface area contributed by atoms with E-state index in [-0.39, 0.29) is 0 Å². The fraction of sp³-hybridized carbons (Fsp3) is 0.600. The van der Waals surface area contributed by atoms with Gasteiger partial charge >= 0.3 is 0 Å². The Bertz CT molecular complexity index is 275. The van der Waals surface area contributed by atoms with Crippen LogP contribution in [0.5, 0.6) is 0 Å². The van der Waals surface area contributed by atoms with Crippen molar-refractivity contribution in [3.63, 3.8) is 0 Å². The molecule has 4 heteroatoms. The van der Waals surface area contributed by atoms with Crippen molar-refractivity contribution >= 4 is 5.82 Å². The molecule has 0 saturated carbocycles. The van der Waals surface area contributed by atoms with E-state index in [1.54, 1.807) is 18.6 Å². The fourth-order valence-corrected chi connectivity index (χ4v) is 1.85. The fourth-order valence-electron chi connectivity index (χ4n) is 1.85. The lowest BCUT2D eigenvalue weighted by Gasteiger charge is -2.28. The maximum Gasteiger partial charge on any atom is 0.144 e. The van der Waals surface area contributed by atoms with Crippen LogP contribution in [0.25, 0.3) is 0 Å². The van der Waals surface area contributed by atoms with Crippen molar-refractivity contribution in [3.05, 3.63) is 18.6 Å². The van der Waals surface area contributed by atoms with Gasteiger partial charge < -0.3 is 10.6 Å². The highest BCUT2D eigenvalue weighted by Crippen LogP contribution is 2.12. The largest absolute Gasteiger partial charge is 0.366 e. The van der Waals surface area contributed by atoms with Gasteiger partial charge in [-0.1, -0.05) is 0 Å². The van der Waals surface area contributed by atoms with Gasteiger partial charge in [-0.25, -0.2) is 4.98 Å². The van der Waals surface area contributed by atoms with Crippen LogP contribution in [0.2, 0.25) is 0 Å². The molecule has 2 unspecified atom stereocenters. The molecule has 4 nitrogen and oxygen atoms in total. The van der Waals surface area contributed by atoms with E-state index in [0.29, 0.717) is 12.1 Å². The lowest BCUT2D eigenvalue weighted by molar-refractivity contribution is 0.395. The Morgan fingerprint density at radius 2 is 2.43 bits per heavy atom. The Kier molecular flexibility index (Phi) is 2.93. The van der Waals surface area contributed by atoms with Crippen LogP contribution in [-0.2, 0) is 0 Å². The first kappa shape index (κ1) is 9.40. The second kappa shape index (κ2) is 4.37. The van der Waals surface area contributed by atoms with Gasteiger partial charge in [-0.05, 0) is 26.3 Å². The molecule has 2 heterocycles. The number of aromatic nitrogens is 2. The molecule has 2 N–H and O–H groups in total. The summed E-state index contributed by atoms with van der Waals surface area (Å²) < 4.78 is 0. The first-order valence-corrected chi connectivity index (χ1v) is 5.10. The van der Waals surface area contributed by atoms with Crippen molar-refractivity contribution in [3.8, 4) is 0 Å². The summed E-state index contributed by atoms with van der Waals surface area (Å²) in [5, 5.41) is 6.82. The van der Waals surface area contributed by atoms with Crippen LogP contribution in [0.3, 0.4) is 0 Å². The molecule has 0 spiro atoms. The minimum atomic E-state index is 0.531. The summed E-state index contributed by atoms with van der Waals surface area (Å²) in [6.45, 7) is 3.30. The Balaban J connectivity index is 1.91. The zero-order valence-corrected chi connectivity index (χ0v) is 8.40. The molecule has 0 radical (unpaired) electrons. The highest BCUT2D eigenvalue weighted by atomic mass is 15.1. The van der Waals surface area contributed by atoms with E-state index in [1.807, 2.05) is 0 Å². The van der Waals surface area contributed by atoms with Gasteiger partial charge in [0.15, 0.2) is 0 Å². The molecule has 1 fully saturated rings. The van der Waals surface area contributed by atoms with Gasteiger partial charge in [0.1, 0.15) is 5.82 Å². The number of hydrogen-bond acceptors (Lipinski definition) is 4. The normalized spacial score (nSPS) is 27.2. The summed E-state index contributed by atoms with van der Waals surface area (Å²) >= 11 is 0. The third-order valence-corrected chi connectivity index (χ3v) is 2.54. The average Bonchev–Trinajstić information content (AvgIpc) is 2.19. The van der Waals surface area contributed by atoms with Crippen molar-refractivity contribution in [2.45, 2.75) is 31.8 Å². The van der Waals surface area contributed by atoms with Crippen LogP contribution in [0.15, 0.2) is 18.6 Å². The molecular formula is C10H16N4. The standard InChI is InChI=1S/C10H16N4/c1-8-6-9(2-3-12-8)14-10-7-11-4-5-13-10/h4-5,7-9,12H,2-3,6H2,1H3,(H,13,14). The van der Waals surface area contributed by atoms with Gasteiger partial charge in [-0.3, -0.25) is 4.98 Å². The van der Waals surface area contributed by atoms with Gasteiger partial charge in [0.2, 0.25) is 0 Å². The van der Waals surface area contributed by atoms with E-state index >= 15 is 0 Å². The molecule has 1 aromatic heterocycles. The zero-order valence-electron chi connectivity index (χ0n) is 8.40. The Labute approximate surface area is 84.2 Å². The molecule has 76 valence electrons. The van der Waals surface area contributed by atoms with Crippen molar-refractivity contribution in [1.29, 1.82) is 0 Å². The van der Waals surface area contributed by atoms with E-state index in [4.69, 9.17) is 0 Å². The highest BCUT2D eigenvalue weighted by Gasteiger charge is 2.17. The topological polar surface area (TPSA) is 49.8 Å². The minimum Gasteiger partial charge on any atom is -0.366 e. The summed E-state index contributed by atoms with van der Waals surface area (Å²) in [4.78, 5) is 8.23. The van der Waals surface area contributed by atoms with E-state index in [9.17, 15) is 0 Å². The molecule has 14 heavy (non-hydrogen) atoms. The monoisotopic (exact) mass is 192 g/mol. The van der Waals surface area contributed by atoms with Gasteiger partial charge in [-0.15, -0.1) is 0 Å². The third-order valence-electron chi connectivity index (χ3n) is 2.54. The number of nitrogens with zero attached hydrogens (tertiary/aromatic N) is 2. The number of anilines is 1.